The number of nitrogens with one attached hydrogen (secondary N) is 2. The summed E-state index contributed by atoms with van der Waals surface area (Å²) in [4.78, 5) is 25.0. The Hall–Kier alpha value is -3.33. The summed E-state index contributed by atoms with van der Waals surface area (Å²) < 4.78 is 7.51. The molecule has 2 fully saturated rings. The van der Waals surface area contributed by atoms with Crippen LogP contribution < -0.4 is 15.4 Å². The molecule has 0 atom stereocenters. The SMILES string of the molecule is COc1ccccc1NC(=O)c1ccc(NC(=O)CSc2nnc(C3CC3)n2C2CC2)cc1. The molecule has 0 unspecified atom stereocenters. The van der Waals surface area contributed by atoms with Crippen LogP contribution in [0.4, 0.5) is 11.4 Å². The average Bonchev–Trinajstić information content (AvgIpc) is 3.77. The third-order valence-electron chi connectivity index (χ3n) is 5.66. The van der Waals surface area contributed by atoms with Crippen LogP contribution in [0.15, 0.2) is 53.7 Å². The summed E-state index contributed by atoms with van der Waals surface area (Å²) >= 11 is 1.42. The number of ether oxygens (including phenoxy) is 1. The van der Waals surface area contributed by atoms with E-state index in [9.17, 15) is 9.59 Å². The highest BCUT2D eigenvalue weighted by Gasteiger charge is 2.36. The summed E-state index contributed by atoms with van der Waals surface area (Å²) in [6, 6.07) is 14.5. The zero-order valence-electron chi connectivity index (χ0n) is 18.3. The molecule has 1 aromatic heterocycles. The number of anilines is 2. The fourth-order valence-electron chi connectivity index (χ4n) is 3.66. The molecule has 9 heteroatoms. The molecule has 0 bridgehead atoms. The number of methoxy groups -OCH3 is 1. The van der Waals surface area contributed by atoms with Gasteiger partial charge < -0.3 is 19.9 Å². The molecule has 2 amide bonds. The van der Waals surface area contributed by atoms with Crippen LogP contribution in [0.3, 0.4) is 0 Å². The Morgan fingerprint density at radius 1 is 1.03 bits per heavy atom. The molecule has 5 rings (SSSR count). The van der Waals surface area contributed by atoms with Crippen LogP contribution in [0.25, 0.3) is 0 Å². The number of thioether (sulfide) groups is 1. The molecule has 2 saturated carbocycles. The maximum Gasteiger partial charge on any atom is 0.255 e. The van der Waals surface area contributed by atoms with Crippen LogP contribution in [0.2, 0.25) is 0 Å². The molecule has 0 radical (unpaired) electrons. The van der Waals surface area contributed by atoms with E-state index >= 15 is 0 Å². The molecule has 33 heavy (non-hydrogen) atoms. The van der Waals surface area contributed by atoms with Crippen molar-refractivity contribution < 1.29 is 14.3 Å². The maximum atomic E-state index is 12.5. The Labute approximate surface area is 196 Å². The molecule has 2 aliphatic carbocycles. The van der Waals surface area contributed by atoms with E-state index in [-0.39, 0.29) is 17.6 Å². The largest absolute Gasteiger partial charge is 0.495 e. The van der Waals surface area contributed by atoms with Gasteiger partial charge in [-0.15, -0.1) is 10.2 Å². The van der Waals surface area contributed by atoms with E-state index in [1.165, 1.54) is 24.6 Å². The Kier molecular flexibility index (Phi) is 6.04. The van der Waals surface area contributed by atoms with Crippen molar-refractivity contribution in [1.82, 2.24) is 14.8 Å². The molecule has 0 aliphatic heterocycles. The van der Waals surface area contributed by atoms with Gasteiger partial charge >= 0.3 is 0 Å². The molecule has 8 nitrogen and oxygen atoms in total. The van der Waals surface area contributed by atoms with Gasteiger partial charge in [-0.2, -0.15) is 0 Å². The highest BCUT2D eigenvalue weighted by atomic mass is 32.2. The van der Waals surface area contributed by atoms with Crippen molar-refractivity contribution in [1.29, 1.82) is 0 Å². The van der Waals surface area contributed by atoms with Crippen molar-refractivity contribution in [2.45, 2.75) is 42.8 Å². The van der Waals surface area contributed by atoms with E-state index in [2.05, 4.69) is 25.4 Å². The Morgan fingerprint density at radius 3 is 2.48 bits per heavy atom. The van der Waals surface area contributed by atoms with E-state index in [1.54, 1.807) is 43.5 Å². The second kappa shape index (κ2) is 9.27. The maximum absolute atomic E-state index is 12.5. The molecule has 170 valence electrons. The lowest BCUT2D eigenvalue weighted by atomic mass is 10.2. The number of hydrogen-bond donors (Lipinski definition) is 2. The van der Waals surface area contributed by atoms with Gasteiger partial charge in [0.15, 0.2) is 5.16 Å². The van der Waals surface area contributed by atoms with Gasteiger partial charge in [0.2, 0.25) is 5.91 Å². The first-order valence-electron chi connectivity index (χ1n) is 11.0. The smallest absolute Gasteiger partial charge is 0.255 e. The quantitative estimate of drug-likeness (QED) is 0.454. The molecule has 2 aromatic carbocycles. The number of para-hydroxylation sites is 2. The summed E-state index contributed by atoms with van der Waals surface area (Å²) in [5.41, 5.74) is 1.72. The van der Waals surface area contributed by atoms with Gasteiger partial charge in [0.05, 0.1) is 18.6 Å². The molecule has 3 aromatic rings. The van der Waals surface area contributed by atoms with Crippen molar-refractivity contribution in [3.8, 4) is 5.75 Å². The first-order valence-corrected chi connectivity index (χ1v) is 12.0. The predicted octanol–water partition coefficient (Wildman–Crippen LogP) is 4.48. The molecule has 1 heterocycles. The lowest BCUT2D eigenvalue weighted by Crippen LogP contribution is -2.15. The fourth-order valence-corrected chi connectivity index (χ4v) is 4.47. The van der Waals surface area contributed by atoms with Gasteiger partial charge in [0, 0.05) is 23.2 Å². The van der Waals surface area contributed by atoms with E-state index in [0.717, 1.165) is 23.8 Å². The van der Waals surface area contributed by atoms with Crippen LogP contribution in [0, 0.1) is 0 Å². The van der Waals surface area contributed by atoms with Crippen LogP contribution in [0.5, 0.6) is 5.75 Å². The van der Waals surface area contributed by atoms with E-state index in [0.29, 0.717) is 34.6 Å². The second-order valence-electron chi connectivity index (χ2n) is 8.28. The van der Waals surface area contributed by atoms with Gasteiger partial charge in [-0.1, -0.05) is 23.9 Å². The van der Waals surface area contributed by atoms with Crippen LogP contribution in [-0.2, 0) is 4.79 Å². The highest BCUT2D eigenvalue weighted by Crippen LogP contribution is 2.46. The Bertz CT molecular complexity index is 1170. The number of rotatable bonds is 9. The van der Waals surface area contributed by atoms with Crippen molar-refractivity contribution in [2.75, 3.05) is 23.5 Å². The minimum absolute atomic E-state index is 0.121. The standard InChI is InChI=1S/C24H25N5O3S/c1-32-20-5-3-2-4-19(20)26-23(31)16-8-10-17(11-9-16)25-21(30)14-33-24-28-27-22(15-6-7-15)29(24)18-12-13-18/h2-5,8-11,15,18H,6-7,12-14H2,1H3,(H,25,30)(H,26,31). The fraction of sp³-hybridized carbons (Fsp3) is 0.333. The number of benzene rings is 2. The summed E-state index contributed by atoms with van der Waals surface area (Å²) in [5, 5.41) is 15.3. The van der Waals surface area contributed by atoms with Gasteiger partial charge in [0.25, 0.3) is 5.91 Å². The molecule has 2 N–H and O–H groups in total. The first kappa shape index (κ1) is 21.5. The summed E-state index contributed by atoms with van der Waals surface area (Å²) in [7, 11) is 1.56. The molecular weight excluding hydrogens is 438 g/mol. The molecule has 0 spiro atoms. The third kappa shape index (κ3) is 5.03. The minimum Gasteiger partial charge on any atom is -0.495 e. The normalized spacial score (nSPS) is 15.2. The number of carbonyl (C=O) groups is 2. The molecular formula is C24H25N5O3S. The van der Waals surface area contributed by atoms with Crippen molar-refractivity contribution in [3.63, 3.8) is 0 Å². The van der Waals surface area contributed by atoms with E-state index in [1.807, 2.05) is 12.1 Å². The second-order valence-corrected chi connectivity index (χ2v) is 9.23. The highest BCUT2D eigenvalue weighted by molar-refractivity contribution is 7.99. The molecule has 0 saturated heterocycles. The minimum atomic E-state index is -0.251. The Morgan fingerprint density at radius 2 is 1.79 bits per heavy atom. The van der Waals surface area contributed by atoms with Crippen molar-refractivity contribution in [3.05, 3.63) is 59.9 Å². The third-order valence-corrected chi connectivity index (χ3v) is 6.61. The van der Waals surface area contributed by atoms with E-state index < -0.39 is 0 Å². The van der Waals surface area contributed by atoms with Crippen molar-refractivity contribution in [2.24, 2.45) is 0 Å². The van der Waals surface area contributed by atoms with Crippen LogP contribution >= 0.6 is 11.8 Å². The predicted molar refractivity (Wildman–Crippen MR) is 127 cm³/mol. The lowest BCUT2D eigenvalue weighted by Gasteiger charge is -2.10. The zero-order chi connectivity index (χ0) is 22.8. The van der Waals surface area contributed by atoms with Crippen molar-refractivity contribution >= 4 is 35.0 Å². The summed E-state index contributed by atoms with van der Waals surface area (Å²) in [6.07, 6.45) is 4.69. The van der Waals surface area contributed by atoms with Crippen LogP contribution in [-0.4, -0.2) is 39.4 Å². The number of aromatic nitrogens is 3. The topological polar surface area (TPSA) is 98.1 Å². The summed E-state index contributed by atoms with van der Waals surface area (Å²) in [6.45, 7) is 0. The van der Waals surface area contributed by atoms with Gasteiger partial charge in [0.1, 0.15) is 11.6 Å². The van der Waals surface area contributed by atoms with Gasteiger partial charge in [-0.3, -0.25) is 9.59 Å². The molecule has 2 aliphatic rings. The number of amides is 2. The van der Waals surface area contributed by atoms with Crippen LogP contribution in [0.1, 0.15) is 53.8 Å². The lowest BCUT2D eigenvalue weighted by molar-refractivity contribution is -0.113. The number of nitrogens with zero attached hydrogens (tertiary/aromatic N) is 3. The average molecular weight is 464 g/mol. The number of carbonyl (C=O) groups excluding carboxylic acids is 2. The van der Waals surface area contributed by atoms with Gasteiger partial charge in [-0.25, -0.2) is 0 Å². The monoisotopic (exact) mass is 463 g/mol. The summed E-state index contributed by atoms with van der Waals surface area (Å²) in [5.74, 6) is 2.10. The van der Waals surface area contributed by atoms with E-state index in [4.69, 9.17) is 4.74 Å². The first-order chi connectivity index (χ1) is 16.1. The van der Waals surface area contributed by atoms with Gasteiger partial charge in [-0.05, 0) is 62.1 Å². The Balaban J connectivity index is 1.16. The zero-order valence-corrected chi connectivity index (χ0v) is 19.1. The number of hydrogen-bond acceptors (Lipinski definition) is 6.